The van der Waals surface area contributed by atoms with Crippen molar-refractivity contribution in [1.82, 2.24) is 4.90 Å². The summed E-state index contributed by atoms with van der Waals surface area (Å²) in [6, 6.07) is 14.1. The molecule has 3 rings (SSSR count). The number of carbonyl (C=O) groups excluding carboxylic acids is 1. The molecule has 4 heteroatoms. The van der Waals surface area contributed by atoms with Gasteiger partial charge in [0.15, 0.2) is 0 Å². The second-order valence-corrected chi connectivity index (χ2v) is 7.88. The van der Waals surface area contributed by atoms with E-state index in [4.69, 9.17) is 0 Å². The van der Waals surface area contributed by atoms with Crippen LogP contribution in [0.2, 0.25) is 0 Å². The zero-order valence-corrected chi connectivity index (χ0v) is 15.9. The Labute approximate surface area is 154 Å². The van der Waals surface area contributed by atoms with Crippen LogP contribution < -0.4 is 5.32 Å². The first-order valence-corrected chi connectivity index (χ1v) is 10.0. The van der Waals surface area contributed by atoms with Crippen molar-refractivity contribution in [2.45, 2.75) is 20.3 Å². The first-order chi connectivity index (χ1) is 12.1. The quantitative estimate of drug-likeness (QED) is 0.875. The molecule has 0 atom stereocenters. The third-order valence-electron chi connectivity index (χ3n) is 4.80. The van der Waals surface area contributed by atoms with Gasteiger partial charge in [-0.3, -0.25) is 4.79 Å². The van der Waals surface area contributed by atoms with Crippen molar-refractivity contribution in [1.29, 1.82) is 0 Å². The highest BCUT2D eigenvalue weighted by molar-refractivity contribution is 7.99. The smallest absolute Gasteiger partial charge is 0.255 e. The molecule has 0 bridgehead atoms. The standard InChI is InChI=1S/C21H26N2OS/c1-16-3-6-19(15-17(16)2)21(24)22-20-7-4-18(5-8-20)9-10-23-11-13-25-14-12-23/h3-8,15H,9-14H2,1-2H3,(H,22,24). The lowest BCUT2D eigenvalue weighted by molar-refractivity contribution is 0.102. The number of carbonyl (C=O) groups is 1. The number of benzene rings is 2. The molecule has 1 aliphatic rings. The van der Waals surface area contributed by atoms with Crippen molar-refractivity contribution < 1.29 is 4.79 Å². The van der Waals surface area contributed by atoms with Crippen molar-refractivity contribution in [2.24, 2.45) is 0 Å². The molecule has 0 aliphatic carbocycles. The van der Waals surface area contributed by atoms with Gasteiger partial charge in [0.2, 0.25) is 0 Å². The summed E-state index contributed by atoms with van der Waals surface area (Å²) in [6.07, 6.45) is 1.07. The lowest BCUT2D eigenvalue weighted by Crippen LogP contribution is -2.34. The molecule has 0 unspecified atom stereocenters. The molecule has 2 aromatic carbocycles. The molecule has 25 heavy (non-hydrogen) atoms. The molecule has 132 valence electrons. The number of rotatable bonds is 5. The monoisotopic (exact) mass is 354 g/mol. The first-order valence-electron chi connectivity index (χ1n) is 8.89. The zero-order chi connectivity index (χ0) is 17.6. The van der Waals surface area contributed by atoms with Crippen molar-refractivity contribution in [3.05, 3.63) is 64.7 Å². The van der Waals surface area contributed by atoms with E-state index in [9.17, 15) is 4.79 Å². The van der Waals surface area contributed by atoms with E-state index >= 15 is 0 Å². The van der Waals surface area contributed by atoms with Gasteiger partial charge in [-0.1, -0.05) is 18.2 Å². The molecular formula is C21H26N2OS. The Morgan fingerprint density at radius 2 is 1.76 bits per heavy atom. The molecule has 0 saturated carbocycles. The van der Waals surface area contributed by atoms with E-state index in [1.807, 2.05) is 49.0 Å². The Balaban J connectivity index is 1.54. The first kappa shape index (κ1) is 18.0. The van der Waals surface area contributed by atoms with Crippen LogP contribution in [-0.2, 0) is 6.42 Å². The van der Waals surface area contributed by atoms with Crippen LogP contribution in [0.4, 0.5) is 5.69 Å². The molecule has 2 aromatic rings. The van der Waals surface area contributed by atoms with Gasteiger partial charge in [-0.15, -0.1) is 0 Å². The Morgan fingerprint density at radius 1 is 1.04 bits per heavy atom. The van der Waals surface area contributed by atoms with Gasteiger partial charge in [0.05, 0.1) is 0 Å². The van der Waals surface area contributed by atoms with Crippen LogP contribution >= 0.6 is 11.8 Å². The lowest BCUT2D eigenvalue weighted by Gasteiger charge is -2.26. The van der Waals surface area contributed by atoms with Crippen molar-refractivity contribution in [2.75, 3.05) is 36.5 Å². The third kappa shape index (κ3) is 5.10. The molecular weight excluding hydrogens is 328 g/mol. The molecule has 1 fully saturated rings. The van der Waals surface area contributed by atoms with Crippen LogP contribution in [0.5, 0.6) is 0 Å². The van der Waals surface area contributed by atoms with E-state index in [1.54, 1.807) is 0 Å². The van der Waals surface area contributed by atoms with E-state index < -0.39 is 0 Å². The second-order valence-electron chi connectivity index (χ2n) is 6.65. The number of aryl methyl sites for hydroxylation is 2. The van der Waals surface area contributed by atoms with Gasteiger partial charge in [-0.25, -0.2) is 0 Å². The van der Waals surface area contributed by atoms with E-state index in [0.29, 0.717) is 5.56 Å². The van der Waals surface area contributed by atoms with Gasteiger partial charge < -0.3 is 10.2 Å². The topological polar surface area (TPSA) is 32.3 Å². The highest BCUT2D eigenvalue weighted by Crippen LogP contribution is 2.15. The largest absolute Gasteiger partial charge is 0.322 e. The van der Waals surface area contributed by atoms with E-state index in [0.717, 1.165) is 24.2 Å². The molecule has 1 aliphatic heterocycles. The van der Waals surface area contributed by atoms with Crippen molar-refractivity contribution in [3.63, 3.8) is 0 Å². The molecule has 1 amide bonds. The van der Waals surface area contributed by atoms with Crippen LogP contribution in [0.15, 0.2) is 42.5 Å². The minimum atomic E-state index is -0.0540. The predicted molar refractivity (Wildman–Crippen MR) is 108 cm³/mol. The maximum atomic E-state index is 12.4. The van der Waals surface area contributed by atoms with Gasteiger partial charge in [0.1, 0.15) is 0 Å². The molecule has 1 N–H and O–H groups in total. The Hall–Kier alpha value is -1.78. The Morgan fingerprint density at radius 3 is 2.44 bits per heavy atom. The van der Waals surface area contributed by atoms with E-state index in [1.165, 1.54) is 35.7 Å². The fraction of sp³-hybridized carbons (Fsp3) is 0.381. The number of anilines is 1. The summed E-state index contributed by atoms with van der Waals surface area (Å²) in [5, 5.41) is 2.99. The average Bonchev–Trinajstić information content (AvgIpc) is 2.64. The van der Waals surface area contributed by atoms with Crippen molar-refractivity contribution >= 4 is 23.4 Å². The number of amides is 1. The summed E-state index contributed by atoms with van der Waals surface area (Å²) in [4.78, 5) is 14.9. The number of nitrogens with zero attached hydrogens (tertiary/aromatic N) is 1. The van der Waals surface area contributed by atoms with Gasteiger partial charge in [-0.2, -0.15) is 11.8 Å². The van der Waals surface area contributed by atoms with Gasteiger partial charge in [0, 0.05) is 42.4 Å². The SMILES string of the molecule is Cc1ccc(C(=O)Nc2ccc(CCN3CCSCC3)cc2)cc1C. The summed E-state index contributed by atoms with van der Waals surface area (Å²) in [6.45, 7) is 7.61. The van der Waals surface area contributed by atoms with E-state index in [2.05, 4.69) is 29.3 Å². The van der Waals surface area contributed by atoms with Gasteiger partial charge in [-0.05, 0) is 61.2 Å². The number of thioether (sulfide) groups is 1. The maximum absolute atomic E-state index is 12.4. The average molecular weight is 355 g/mol. The Kier molecular flexibility index (Phi) is 6.16. The van der Waals surface area contributed by atoms with Gasteiger partial charge >= 0.3 is 0 Å². The van der Waals surface area contributed by atoms with Gasteiger partial charge in [0.25, 0.3) is 5.91 Å². The fourth-order valence-electron chi connectivity index (χ4n) is 2.95. The maximum Gasteiger partial charge on any atom is 0.255 e. The molecule has 0 spiro atoms. The molecule has 0 aromatic heterocycles. The molecule has 1 saturated heterocycles. The second kappa shape index (κ2) is 8.54. The minimum absolute atomic E-state index is 0.0540. The summed E-state index contributed by atoms with van der Waals surface area (Å²) in [5.41, 5.74) is 5.21. The zero-order valence-electron chi connectivity index (χ0n) is 15.0. The number of hydrogen-bond acceptors (Lipinski definition) is 3. The number of nitrogens with one attached hydrogen (secondary N) is 1. The normalized spacial score (nSPS) is 15.1. The molecule has 0 radical (unpaired) electrons. The van der Waals surface area contributed by atoms with Crippen molar-refractivity contribution in [3.8, 4) is 0 Å². The van der Waals surface area contributed by atoms with Crippen LogP contribution in [-0.4, -0.2) is 41.9 Å². The summed E-state index contributed by atoms with van der Waals surface area (Å²) in [7, 11) is 0. The number of hydrogen-bond donors (Lipinski definition) is 1. The highest BCUT2D eigenvalue weighted by Gasteiger charge is 2.10. The molecule has 1 heterocycles. The van der Waals surface area contributed by atoms with Crippen LogP contribution in [0.25, 0.3) is 0 Å². The van der Waals surface area contributed by atoms with Crippen LogP contribution in [0.3, 0.4) is 0 Å². The fourth-order valence-corrected chi connectivity index (χ4v) is 3.93. The third-order valence-corrected chi connectivity index (χ3v) is 5.74. The summed E-state index contributed by atoms with van der Waals surface area (Å²) < 4.78 is 0. The summed E-state index contributed by atoms with van der Waals surface area (Å²) in [5.74, 6) is 2.45. The Bertz CT molecular complexity index is 721. The van der Waals surface area contributed by atoms with Crippen LogP contribution in [0.1, 0.15) is 27.0 Å². The minimum Gasteiger partial charge on any atom is -0.322 e. The summed E-state index contributed by atoms with van der Waals surface area (Å²) >= 11 is 2.05. The van der Waals surface area contributed by atoms with Crippen LogP contribution in [0, 0.1) is 13.8 Å². The molecule has 3 nitrogen and oxygen atoms in total. The highest BCUT2D eigenvalue weighted by atomic mass is 32.2. The lowest BCUT2D eigenvalue weighted by atomic mass is 10.1. The predicted octanol–water partition coefficient (Wildman–Crippen LogP) is 4.15. The van der Waals surface area contributed by atoms with E-state index in [-0.39, 0.29) is 5.91 Å².